The Morgan fingerprint density at radius 1 is 1.23 bits per heavy atom. The van der Waals surface area contributed by atoms with Gasteiger partial charge >= 0.3 is 0 Å². The average Bonchev–Trinajstić information content (AvgIpc) is 3.43. The predicted molar refractivity (Wildman–Crippen MR) is 140 cm³/mol. The Morgan fingerprint density at radius 3 is 2.80 bits per heavy atom. The standard InChI is InChI=1S/C26H31FN8/c1-29-26(10-12-34(2)3)9-7-17(14-22(26)28)31-25-32-23(19-8-11-30-24(19)33-25)20-15-35(4)21-13-16(27)5-6-18(20)21/h5-9,11,13-15,22,29H,10,12,28H2,1-4H3,(H2,30,31,32,33). The third kappa shape index (κ3) is 4.22. The maximum Gasteiger partial charge on any atom is 0.229 e. The lowest BCUT2D eigenvalue weighted by Crippen LogP contribution is -2.57. The number of H-pyrrole nitrogens is 1. The van der Waals surface area contributed by atoms with Crippen LogP contribution in [0.25, 0.3) is 33.2 Å². The first-order valence-electron chi connectivity index (χ1n) is 11.7. The molecule has 1 aromatic carbocycles. The first-order chi connectivity index (χ1) is 16.8. The number of halogens is 1. The molecular formula is C26H31FN8. The fourth-order valence-corrected chi connectivity index (χ4v) is 4.74. The monoisotopic (exact) mass is 474 g/mol. The topological polar surface area (TPSA) is 99.8 Å². The molecule has 0 saturated heterocycles. The van der Waals surface area contributed by atoms with Crippen LogP contribution in [0.3, 0.4) is 0 Å². The molecule has 3 heterocycles. The van der Waals surface area contributed by atoms with E-state index in [1.807, 2.05) is 49.3 Å². The Hall–Kier alpha value is -3.53. The summed E-state index contributed by atoms with van der Waals surface area (Å²) >= 11 is 0. The number of hydrogen-bond donors (Lipinski definition) is 4. The molecular weight excluding hydrogens is 443 g/mol. The minimum absolute atomic E-state index is 0.221. The second-order valence-electron chi connectivity index (χ2n) is 9.40. The van der Waals surface area contributed by atoms with E-state index in [1.54, 1.807) is 6.07 Å². The lowest BCUT2D eigenvalue weighted by Gasteiger charge is -2.38. The molecule has 5 rings (SSSR count). The van der Waals surface area contributed by atoms with Gasteiger partial charge in [0.25, 0.3) is 0 Å². The second kappa shape index (κ2) is 8.92. The molecule has 0 saturated carbocycles. The van der Waals surface area contributed by atoms with Crippen LogP contribution in [0.15, 0.2) is 60.6 Å². The molecule has 182 valence electrons. The smallest absolute Gasteiger partial charge is 0.229 e. The van der Waals surface area contributed by atoms with E-state index in [9.17, 15) is 4.39 Å². The van der Waals surface area contributed by atoms with Gasteiger partial charge in [-0.1, -0.05) is 6.08 Å². The van der Waals surface area contributed by atoms with Crippen LogP contribution in [-0.4, -0.2) is 63.7 Å². The summed E-state index contributed by atoms with van der Waals surface area (Å²) in [6.45, 7) is 0.917. The number of benzene rings is 1. The van der Waals surface area contributed by atoms with Crippen LogP contribution < -0.4 is 16.4 Å². The van der Waals surface area contributed by atoms with Gasteiger partial charge in [-0.3, -0.25) is 0 Å². The van der Waals surface area contributed by atoms with Gasteiger partial charge in [-0.25, -0.2) is 9.37 Å². The Labute approximate surface area is 203 Å². The maximum atomic E-state index is 13.9. The number of fused-ring (bicyclic) bond motifs is 2. The van der Waals surface area contributed by atoms with E-state index in [2.05, 4.69) is 45.7 Å². The number of anilines is 1. The summed E-state index contributed by atoms with van der Waals surface area (Å²) in [6, 6.07) is 6.55. The van der Waals surface area contributed by atoms with Crippen LogP contribution in [0, 0.1) is 5.82 Å². The highest BCUT2D eigenvalue weighted by atomic mass is 19.1. The Balaban J connectivity index is 1.50. The summed E-state index contributed by atoms with van der Waals surface area (Å²) in [7, 11) is 7.96. The van der Waals surface area contributed by atoms with Gasteiger partial charge in [0.15, 0.2) is 0 Å². The fraction of sp³-hybridized carbons (Fsp3) is 0.308. The van der Waals surface area contributed by atoms with Crippen molar-refractivity contribution in [3.63, 3.8) is 0 Å². The van der Waals surface area contributed by atoms with Gasteiger partial charge in [-0.2, -0.15) is 4.98 Å². The number of allylic oxidation sites excluding steroid dienone is 1. The minimum Gasteiger partial charge on any atom is -0.350 e. The molecule has 9 heteroatoms. The first kappa shape index (κ1) is 23.2. The molecule has 0 aliphatic heterocycles. The molecule has 2 atom stereocenters. The summed E-state index contributed by atoms with van der Waals surface area (Å²) < 4.78 is 15.8. The van der Waals surface area contributed by atoms with E-state index >= 15 is 0 Å². The Morgan fingerprint density at radius 2 is 2.06 bits per heavy atom. The van der Waals surface area contributed by atoms with Crippen molar-refractivity contribution in [1.29, 1.82) is 0 Å². The number of rotatable bonds is 7. The van der Waals surface area contributed by atoms with E-state index < -0.39 is 0 Å². The van der Waals surface area contributed by atoms with Crippen molar-refractivity contribution in [2.75, 3.05) is 33.0 Å². The molecule has 0 spiro atoms. The van der Waals surface area contributed by atoms with E-state index in [4.69, 9.17) is 10.7 Å². The van der Waals surface area contributed by atoms with Gasteiger partial charge < -0.3 is 30.8 Å². The van der Waals surface area contributed by atoms with E-state index in [0.717, 1.165) is 51.9 Å². The molecule has 0 radical (unpaired) electrons. The molecule has 0 fully saturated rings. The van der Waals surface area contributed by atoms with E-state index in [-0.39, 0.29) is 17.4 Å². The maximum absolute atomic E-state index is 13.9. The number of nitrogens with one attached hydrogen (secondary N) is 3. The lowest BCUT2D eigenvalue weighted by molar-refractivity contribution is 0.300. The molecule has 2 unspecified atom stereocenters. The van der Waals surface area contributed by atoms with Crippen LogP contribution in [0.1, 0.15) is 6.42 Å². The zero-order chi connectivity index (χ0) is 24.7. The highest BCUT2D eigenvalue weighted by Crippen LogP contribution is 2.34. The quantitative estimate of drug-likeness (QED) is 0.328. The Bertz CT molecular complexity index is 1450. The van der Waals surface area contributed by atoms with Crippen LogP contribution in [0.2, 0.25) is 0 Å². The fourth-order valence-electron chi connectivity index (χ4n) is 4.74. The van der Waals surface area contributed by atoms with Gasteiger partial charge in [-0.05, 0) is 70.5 Å². The van der Waals surface area contributed by atoms with Crippen molar-refractivity contribution in [1.82, 2.24) is 29.7 Å². The van der Waals surface area contributed by atoms with Gasteiger partial charge in [0.1, 0.15) is 11.5 Å². The molecule has 3 aromatic heterocycles. The molecule has 5 N–H and O–H groups in total. The number of nitrogens with zero attached hydrogens (tertiary/aromatic N) is 4. The Kier molecular flexibility index (Phi) is 5.92. The summed E-state index contributed by atoms with van der Waals surface area (Å²) in [4.78, 5) is 14.9. The van der Waals surface area contributed by atoms with Crippen molar-refractivity contribution in [3.8, 4) is 11.3 Å². The normalized spacial score (nSPS) is 20.2. The highest BCUT2D eigenvalue weighted by Gasteiger charge is 2.33. The molecule has 1 aliphatic carbocycles. The summed E-state index contributed by atoms with van der Waals surface area (Å²) in [5.74, 6) is 0.195. The molecule has 8 nitrogen and oxygen atoms in total. The summed E-state index contributed by atoms with van der Waals surface area (Å²) in [6.07, 6.45) is 10.9. The van der Waals surface area contributed by atoms with Crippen molar-refractivity contribution in [3.05, 3.63) is 66.4 Å². The number of aromatic amines is 1. The van der Waals surface area contributed by atoms with Gasteiger partial charge in [0, 0.05) is 47.5 Å². The van der Waals surface area contributed by atoms with Crippen LogP contribution in [0.5, 0.6) is 0 Å². The molecule has 35 heavy (non-hydrogen) atoms. The van der Waals surface area contributed by atoms with Crippen molar-refractivity contribution < 1.29 is 4.39 Å². The lowest BCUT2D eigenvalue weighted by atomic mass is 9.83. The third-order valence-electron chi connectivity index (χ3n) is 6.83. The molecule has 4 aromatic rings. The number of likely N-dealkylation sites (N-methyl/N-ethyl adjacent to an activating group) is 1. The van der Waals surface area contributed by atoms with Crippen LogP contribution in [-0.2, 0) is 7.05 Å². The first-order valence-corrected chi connectivity index (χ1v) is 11.7. The zero-order valence-electron chi connectivity index (χ0n) is 20.4. The van der Waals surface area contributed by atoms with Gasteiger partial charge in [-0.15, -0.1) is 0 Å². The third-order valence-corrected chi connectivity index (χ3v) is 6.83. The number of aryl methyl sites for hydroxylation is 1. The van der Waals surface area contributed by atoms with Crippen LogP contribution in [0.4, 0.5) is 10.3 Å². The highest BCUT2D eigenvalue weighted by molar-refractivity contribution is 6.02. The molecule has 0 bridgehead atoms. The van der Waals surface area contributed by atoms with Crippen molar-refractivity contribution in [2.24, 2.45) is 12.8 Å². The van der Waals surface area contributed by atoms with Gasteiger partial charge in [0.05, 0.1) is 16.7 Å². The van der Waals surface area contributed by atoms with E-state index in [0.29, 0.717) is 5.95 Å². The van der Waals surface area contributed by atoms with Crippen LogP contribution >= 0.6 is 0 Å². The number of aromatic nitrogens is 4. The average molecular weight is 475 g/mol. The second-order valence-corrected chi connectivity index (χ2v) is 9.40. The summed E-state index contributed by atoms with van der Waals surface area (Å²) in [5, 5.41) is 8.58. The zero-order valence-corrected chi connectivity index (χ0v) is 20.4. The largest absolute Gasteiger partial charge is 0.350 e. The molecule has 1 aliphatic rings. The van der Waals surface area contributed by atoms with E-state index in [1.165, 1.54) is 12.1 Å². The number of nitrogens with two attached hydrogens (primary N) is 1. The predicted octanol–water partition coefficient (Wildman–Crippen LogP) is 3.36. The SMILES string of the molecule is CNC1(CCN(C)C)C=CC(Nc2nc(-c3cn(C)c4cc(F)ccc34)c3cc[nH]c3n2)=CC1N. The van der Waals surface area contributed by atoms with Crippen molar-refractivity contribution in [2.45, 2.75) is 18.0 Å². The van der Waals surface area contributed by atoms with Crippen molar-refractivity contribution >= 4 is 27.9 Å². The van der Waals surface area contributed by atoms with Gasteiger partial charge in [0.2, 0.25) is 5.95 Å². The minimum atomic E-state index is -0.316. The molecule has 0 amide bonds. The summed E-state index contributed by atoms with van der Waals surface area (Å²) in [5.41, 5.74) is 10.3. The number of hydrogen-bond acceptors (Lipinski definition) is 6.